The highest BCUT2D eigenvalue weighted by Crippen LogP contribution is 1.78. The molecule has 4 N–H and O–H groups in total. The van der Waals surface area contributed by atoms with Crippen LogP contribution in [0.15, 0.2) is 0 Å². The second-order valence-corrected chi connectivity index (χ2v) is 2.72. The first-order valence-electron chi connectivity index (χ1n) is 3.88. The molecular weight excluding hydrogens is 144 g/mol. The first-order chi connectivity index (χ1) is 5.16. The van der Waals surface area contributed by atoms with E-state index in [0.29, 0.717) is 19.6 Å². The van der Waals surface area contributed by atoms with Gasteiger partial charge in [0.15, 0.2) is 0 Å². The molecule has 0 aromatic heterocycles. The van der Waals surface area contributed by atoms with Gasteiger partial charge in [-0.2, -0.15) is 0 Å². The molecule has 0 fully saturated rings. The number of aliphatic hydroxyl groups is 2. The molecule has 0 bridgehead atoms. The van der Waals surface area contributed by atoms with Crippen molar-refractivity contribution in [3.05, 3.63) is 0 Å². The average molecular weight is 162 g/mol. The van der Waals surface area contributed by atoms with E-state index in [9.17, 15) is 0 Å². The standard InChI is InChI=1S/C7H18N2O2/c1-6(10)3-9-5-7(11)4-8-2/h6-11H,3-5H2,1-2H3/t6-,7?/m1/s1. The van der Waals surface area contributed by atoms with Gasteiger partial charge in [-0.1, -0.05) is 0 Å². The molecule has 0 saturated heterocycles. The van der Waals surface area contributed by atoms with Crippen molar-refractivity contribution >= 4 is 0 Å². The van der Waals surface area contributed by atoms with Gasteiger partial charge in [-0.05, 0) is 14.0 Å². The van der Waals surface area contributed by atoms with Gasteiger partial charge in [-0.25, -0.2) is 0 Å². The van der Waals surface area contributed by atoms with Gasteiger partial charge in [0.05, 0.1) is 12.2 Å². The van der Waals surface area contributed by atoms with Gasteiger partial charge in [-0.3, -0.25) is 0 Å². The summed E-state index contributed by atoms with van der Waals surface area (Å²) in [5, 5.41) is 23.8. The van der Waals surface area contributed by atoms with Gasteiger partial charge in [0, 0.05) is 19.6 Å². The Bertz CT molecular complexity index is 88.5. The van der Waals surface area contributed by atoms with Crippen LogP contribution in [-0.2, 0) is 0 Å². The maximum atomic E-state index is 9.16. The quantitative estimate of drug-likeness (QED) is 0.385. The van der Waals surface area contributed by atoms with Crippen molar-refractivity contribution in [2.24, 2.45) is 0 Å². The molecule has 1 unspecified atom stereocenters. The summed E-state index contributed by atoms with van der Waals surface area (Å²) in [6, 6.07) is 0. The first kappa shape index (κ1) is 10.8. The third-order valence-electron chi connectivity index (χ3n) is 1.26. The first-order valence-corrected chi connectivity index (χ1v) is 3.88. The lowest BCUT2D eigenvalue weighted by Crippen LogP contribution is -2.36. The molecule has 0 aliphatic heterocycles. The third kappa shape index (κ3) is 7.74. The van der Waals surface area contributed by atoms with Crippen LogP contribution in [-0.4, -0.2) is 49.1 Å². The Morgan fingerprint density at radius 2 is 1.82 bits per heavy atom. The number of aliphatic hydroxyl groups excluding tert-OH is 2. The normalized spacial score (nSPS) is 16.4. The number of nitrogens with one attached hydrogen (secondary N) is 2. The molecule has 68 valence electrons. The number of hydrogen-bond acceptors (Lipinski definition) is 4. The highest BCUT2D eigenvalue weighted by Gasteiger charge is 2.01. The Hall–Kier alpha value is -0.160. The van der Waals surface area contributed by atoms with Crippen LogP contribution in [0, 0.1) is 0 Å². The Labute approximate surface area is 67.6 Å². The number of likely N-dealkylation sites (N-methyl/N-ethyl adjacent to an activating group) is 1. The van der Waals surface area contributed by atoms with Crippen molar-refractivity contribution in [3.63, 3.8) is 0 Å². The fourth-order valence-corrected chi connectivity index (χ4v) is 0.767. The lowest BCUT2D eigenvalue weighted by Gasteiger charge is -2.11. The van der Waals surface area contributed by atoms with Crippen molar-refractivity contribution in [2.75, 3.05) is 26.7 Å². The minimum Gasteiger partial charge on any atom is -0.392 e. The second-order valence-electron chi connectivity index (χ2n) is 2.72. The Morgan fingerprint density at radius 1 is 1.18 bits per heavy atom. The molecule has 2 atom stereocenters. The highest BCUT2D eigenvalue weighted by molar-refractivity contribution is 4.62. The van der Waals surface area contributed by atoms with E-state index in [4.69, 9.17) is 10.2 Å². The lowest BCUT2D eigenvalue weighted by molar-refractivity contribution is 0.153. The van der Waals surface area contributed by atoms with Gasteiger partial charge in [0.2, 0.25) is 0 Å². The molecule has 4 heteroatoms. The van der Waals surface area contributed by atoms with Crippen molar-refractivity contribution in [3.8, 4) is 0 Å². The minimum absolute atomic E-state index is 0.350. The predicted molar refractivity (Wildman–Crippen MR) is 44.5 cm³/mol. The van der Waals surface area contributed by atoms with E-state index in [0.717, 1.165) is 0 Å². The van der Waals surface area contributed by atoms with E-state index in [1.807, 2.05) is 0 Å². The van der Waals surface area contributed by atoms with Crippen molar-refractivity contribution in [2.45, 2.75) is 19.1 Å². The average Bonchev–Trinajstić information content (AvgIpc) is 1.87. The third-order valence-corrected chi connectivity index (χ3v) is 1.26. The lowest BCUT2D eigenvalue weighted by atomic mass is 10.3. The summed E-state index contributed by atoms with van der Waals surface area (Å²) in [6.07, 6.45) is -0.726. The van der Waals surface area contributed by atoms with Gasteiger partial charge in [0.1, 0.15) is 0 Å². The second kappa shape index (κ2) is 6.54. The number of hydrogen-bond donors (Lipinski definition) is 4. The Morgan fingerprint density at radius 3 is 2.27 bits per heavy atom. The van der Waals surface area contributed by atoms with Crippen LogP contribution >= 0.6 is 0 Å². The van der Waals surface area contributed by atoms with Crippen LogP contribution < -0.4 is 10.6 Å². The van der Waals surface area contributed by atoms with Gasteiger partial charge in [0.25, 0.3) is 0 Å². The van der Waals surface area contributed by atoms with Crippen LogP contribution in [0.4, 0.5) is 0 Å². The molecule has 0 heterocycles. The maximum Gasteiger partial charge on any atom is 0.0788 e. The van der Waals surface area contributed by atoms with E-state index < -0.39 is 0 Å². The molecule has 0 aromatic rings. The zero-order valence-electron chi connectivity index (χ0n) is 7.17. The summed E-state index contributed by atoms with van der Waals surface area (Å²) < 4.78 is 0. The predicted octanol–water partition coefficient (Wildman–Crippen LogP) is -1.46. The number of rotatable bonds is 6. The summed E-state index contributed by atoms with van der Waals surface area (Å²) in [7, 11) is 1.79. The van der Waals surface area contributed by atoms with Gasteiger partial charge < -0.3 is 20.8 Å². The highest BCUT2D eigenvalue weighted by atomic mass is 16.3. The monoisotopic (exact) mass is 162 g/mol. The van der Waals surface area contributed by atoms with Crippen LogP contribution in [0.25, 0.3) is 0 Å². The molecular formula is C7H18N2O2. The molecule has 0 radical (unpaired) electrons. The minimum atomic E-state index is -0.376. The Kier molecular flexibility index (Phi) is 6.45. The largest absolute Gasteiger partial charge is 0.392 e. The zero-order valence-corrected chi connectivity index (χ0v) is 7.17. The summed E-state index contributed by atoms with van der Waals surface area (Å²) >= 11 is 0. The summed E-state index contributed by atoms with van der Waals surface area (Å²) in [4.78, 5) is 0. The van der Waals surface area contributed by atoms with E-state index in [1.54, 1.807) is 14.0 Å². The SMILES string of the molecule is CNCC(O)CNC[C@@H](C)O. The van der Waals surface area contributed by atoms with Crippen molar-refractivity contribution in [1.29, 1.82) is 0 Å². The topological polar surface area (TPSA) is 64.5 Å². The molecule has 0 aliphatic rings. The molecule has 0 spiro atoms. The van der Waals surface area contributed by atoms with Crippen LogP contribution in [0.5, 0.6) is 0 Å². The Balaban J connectivity index is 3.10. The van der Waals surface area contributed by atoms with Gasteiger partial charge in [-0.15, -0.1) is 0 Å². The molecule has 0 saturated carbocycles. The fourth-order valence-electron chi connectivity index (χ4n) is 0.767. The van der Waals surface area contributed by atoms with E-state index in [-0.39, 0.29) is 12.2 Å². The smallest absolute Gasteiger partial charge is 0.0788 e. The van der Waals surface area contributed by atoms with Crippen LogP contribution in [0.3, 0.4) is 0 Å². The molecule has 0 amide bonds. The summed E-state index contributed by atoms with van der Waals surface area (Å²) in [5.74, 6) is 0. The molecule has 4 nitrogen and oxygen atoms in total. The fraction of sp³-hybridized carbons (Fsp3) is 1.00. The van der Waals surface area contributed by atoms with Crippen LogP contribution in [0.2, 0.25) is 0 Å². The van der Waals surface area contributed by atoms with E-state index in [2.05, 4.69) is 10.6 Å². The van der Waals surface area contributed by atoms with Crippen molar-refractivity contribution < 1.29 is 10.2 Å². The van der Waals surface area contributed by atoms with Gasteiger partial charge >= 0.3 is 0 Å². The van der Waals surface area contributed by atoms with E-state index in [1.165, 1.54) is 0 Å². The molecule has 0 rings (SSSR count). The van der Waals surface area contributed by atoms with E-state index >= 15 is 0 Å². The summed E-state index contributed by atoms with van der Waals surface area (Å²) in [5.41, 5.74) is 0. The maximum absolute atomic E-state index is 9.16. The van der Waals surface area contributed by atoms with Crippen LogP contribution in [0.1, 0.15) is 6.92 Å². The molecule has 0 aliphatic carbocycles. The molecule has 11 heavy (non-hydrogen) atoms. The molecule has 0 aromatic carbocycles. The zero-order chi connectivity index (χ0) is 8.69. The van der Waals surface area contributed by atoms with Crippen molar-refractivity contribution in [1.82, 2.24) is 10.6 Å². The summed E-state index contributed by atoms with van der Waals surface area (Å²) in [6.45, 7) is 3.33.